The fourth-order valence-corrected chi connectivity index (χ4v) is 3.61. The molecule has 32 heavy (non-hydrogen) atoms. The van der Waals surface area contributed by atoms with E-state index in [9.17, 15) is 9.59 Å². The van der Waals surface area contributed by atoms with E-state index in [1.54, 1.807) is 46.4 Å². The van der Waals surface area contributed by atoms with Crippen LogP contribution in [-0.2, 0) is 17.8 Å². The van der Waals surface area contributed by atoms with Crippen LogP contribution in [-0.4, -0.2) is 40.2 Å². The molecule has 0 aliphatic rings. The number of rotatable bonds is 8. The highest BCUT2D eigenvalue weighted by atomic mass is 35.5. The van der Waals surface area contributed by atoms with E-state index >= 15 is 0 Å². The molecule has 5 nitrogen and oxygen atoms in total. The average Bonchev–Trinajstić information content (AvgIpc) is 3.27. The second kappa shape index (κ2) is 10.5. The molecule has 0 radical (unpaired) electrons. The van der Waals surface area contributed by atoms with Crippen molar-refractivity contribution in [3.8, 4) is 0 Å². The lowest BCUT2D eigenvalue weighted by molar-refractivity contribution is -0.133. The maximum atomic E-state index is 13.4. The van der Waals surface area contributed by atoms with Crippen molar-refractivity contribution in [3.63, 3.8) is 0 Å². The molecule has 3 rings (SSSR count). The molecular formula is C26H29ClN2O3. The minimum Gasteiger partial charge on any atom is -0.467 e. The zero-order valence-corrected chi connectivity index (χ0v) is 19.5. The third kappa shape index (κ3) is 6.47. The first-order chi connectivity index (χ1) is 15.2. The molecular weight excluding hydrogens is 424 g/mol. The second-order valence-corrected chi connectivity index (χ2v) is 9.14. The molecule has 0 spiro atoms. The number of carbonyl (C=O) groups is 2. The number of halogens is 1. The van der Waals surface area contributed by atoms with Crippen LogP contribution in [0.5, 0.6) is 0 Å². The van der Waals surface area contributed by atoms with Crippen LogP contribution in [0.4, 0.5) is 0 Å². The van der Waals surface area contributed by atoms with Crippen LogP contribution < -0.4 is 0 Å². The summed E-state index contributed by atoms with van der Waals surface area (Å²) in [6.45, 7) is 6.59. The summed E-state index contributed by atoms with van der Waals surface area (Å²) in [5, 5.41) is 0.485. The molecule has 1 aromatic heterocycles. The van der Waals surface area contributed by atoms with E-state index in [1.165, 1.54) is 0 Å². The van der Waals surface area contributed by atoms with Gasteiger partial charge in [-0.15, -0.1) is 0 Å². The molecule has 0 bridgehead atoms. The van der Waals surface area contributed by atoms with Gasteiger partial charge in [-0.05, 0) is 63.1 Å². The molecule has 0 fully saturated rings. The quantitative estimate of drug-likeness (QED) is 0.457. The van der Waals surface area contributed by atoms with E-state index in [4.69, 9.17) is 16.0 Å². The topological polar surface area (TPSA) is 53.8 Å². The monoisotopic (exact) mass is 452 g/mol. The van der Waals surface area contributed by atoms with Crippen LogP contribution in [0.25, 0.3) is 0 Å². The second-order valence-electron chi connectivity index (χ2n) is 8.70. The molecule has 2 amide bonds. The Hall–Kier alpha value is -3.05. The Balaban J connectivity index is 1.79. The molecule has 0 unspecified atom stereocenters. The van der Waals surface area contributed by atoms with E-state index in [-0.39, 0.29) is 18.4 Å². The number of benzene rings is 2. The molecule has 6 heteroatoms. The van der Waals surface area contributed by atoms with Gasteiger partial charge in [-0.25, -0.2) is 0 Å². The van der Waals surface area contributed by atoms with Gasteiger partial charge in [-0.3, -0.25) is 9.59 Å². The number of furan rings is 1. The first kappa shape index (κ1) is 23.6. The van der Waals surface area contributed by atoms with Gasteiger partial charge >= 0.3 is 0 Å². The average molecular weight is 453 g/mol. The zero-order chi connectivity index (χ0) is 23.1. The normalized spacial score (nSPS) is 11.2. The van der Waals surface area contributed by atoms with Crippen molar-refractivity contribution in [1.29, 1.82) is 0 Å². The summed E-state index contributed by atoms with van der Waals surface area (Å²) in [5.41, 5.74) is 1.06. The van der Waals surface area contributed by atoms with Crippen LogP contribution in [0.1, 0.15) is 42.5 Å². The first-order valence-corrected chi connectivity index (χ1v) is 11.0. The Labute approximate surface area is 194 Å². The highest BCUT2D eigenvalue weighted by molar-refractivity contribution is 6.31. The maximum Gasteiger partial charge on any atom is 0.254 e. The fourth-order valence-electron chi connectivity index (χ4n) is 3.42. The van der Waals surface area contributed by atoms with Gasteiger partial charge in [0.2, 0.25) is 5.91 Å². The van der Waals surface area contributed by atoms with Gasteiger partial charge in [0, 0.05) is 22.7 Å². The van der Waals surface area contributed by atoms with Crippen molar-refractivity contribution < 1.29 is 14.0 Å². The Bertz CT molecular complexity index is 1030. The zero-order valence-electron chi connectivity index (χ0n) is 18.8. The molecule has 0 N–H and O–H groups in total. The SMILES string of the molecule is CC(C)(C)N(CC(=O)N(CCc1ccccc1)Cc1ccco1)C(=O)c1cccc(Cl)c1. The standard InChI is InChI=1S/C26H29ClN2O3/c1-26(2,3)29(25(31)21-11-7-12-22(27)17-21)19-24(30)28(18-23-13-8-16-32-23)15-14-20-9-5-4-6-10-20/h4-13,16-17H,14-15,18-19H2,1-3H3. The van der Waals surface area contributed by atoms with Gasteiger partial charge < -0.3 is 14.2 Å². The van der Waals surface area contributed by atoms with Crippen LogP contribution in [0.15, 0.2) is 77.4 Å². The van der Waals surface area contributed by atoms with E-state index in [0.717, 1.165) is 5.56 Å². The summed E-state index contributed by atoms with van der Waals surface area (Å²) >= 11 is 6.09. The summed E-state index contributed by atoms with van der Waals surface area (Å²) in [7, 11) is 0. The van der Waals surface area contributed by atoms with Crippen molar-refractivity contribution in [2.75, 3.05) is 13.1 Å². The Kier molecular flexibility index (Phi) is 7.75. The smallest absolute Gasteiger partial charge is 0.254 e. The summed E-state index contributed by atoms with van der Waals surface area (Å²) in [5.74, 6) is 0.340. The molecule has 2 aromatic carbocycles. The Morgan fingerprint density at radius 2 is 1.72 bits per heavy atom. The number of nitrogens with zero attached hydrogens (tertiary/aromatic N) is 2. The van der Waals surface area contributed by atoms with Gasteiger partial charge in [0.15, 0.2) is 0 Å². The summed E-state index contributed by atoms with van der Waals surface area (Å²) in [4.78, 5) is 30.0. The van der Waals surface area contributed by atoms with E-state index < -0.39 is 5.54 Å². The molecule has 3 aromatic rings. The van der Waals surface area contributed by atoms with Crippen molar-refractivity contribution in [1.82, 2.24) is 9.80 Å². The maximum absolute atomic E-state index is 13.4. The van der Waals surface area contributed by atoms with Crippen LogP contribution in [0.2, 0.25) is 5.02 Å². The molecule has 0 aliphatic heterocycles. The fraction of sp³-hybridized carbons (Fsp3) is 0.308. The van der Waals surface area contributed by atoms with Gasteiger partial charge in [0.1, 0.15) is 12.3 Å². The number of amides is 2. The van der Waals surface area contributed by atoms with Gasteiger partial charge in [0.05, 0.1) is 12.8 Å². The Morgan fingerprint density at radius 1 is 0.969 bits per heavy atom. The molecule has 0 saturated carbocycles. The van der Waals surface area contributed by atoms with Crippen molar-refractivity contribution >= 4 is 23.4 Å². The lowest BCUT2D eigenvalue weighted by Gasteiger charge is -2.37. The number of carbonyl (C=O) groups excluding carboxylic acids is 2. The lowest BCUT2D eigenvalue weighted by atomic mass is 10.0. The lowest BCUT2D eigenvalue weighted by Crippen LogP contribution is -2.51. The van der Waals surface area contributed by atoms with E-state index in [1.807, 2.05) is 57.2 Å². The minimum absolute atomic E-state index is 0.0374. The Morgan fingerprint density at radius 3 is 2.34 bits per heavy atom. The number of hydrogen-bond donors (Lipinski definition) is 0. The molecule has 0 aliphatic carbocycles. The summed E-state index contributed by atoms with van der Waals surface area (Å²) < 4.78 is 5.48. The van der Waals surface area contributed by atoms with Gasteiger partial charge in [-0.2, -0.15) is 0 Å². The van der Waals surface area contributed by atoms with Gasteiger partial charge in [-0.1, -0.05) is 48.0 Å². The third-order valence-electron chi connectivity index (χ3n) is 5.21. The summed E-state index contributed by atoms with van der Waals surface area (Å²) in [6, 6.07) is 20.5. The largest absolute Gasteiger partial charge is 0.467 e. The predicted octanol–water partition coefficient (Wildman–Crippen LogP) is 5.45. The van der Waals surface area contributed by atoms with Crippen LogP contribution in [0.3, 0.4) is 0 Å². The predicted molar refractivity (Wildman–Crippen MR) is 127 cm³/mol. The number of hydrogen-bond acceptors (Lipinski definition) is 3. The highest BCUT2D eigenvalue weighted by Gasteiger charge is 2.31. The van der Waals surface area contributed by atoms with Crippen molar-refractivity contribution in [2.24, 2.45) is 0 Å². The molecule has 1 heterocycles. The molecule has 0 atom stereocenters. The van der Waals surface area contributed by atoms with Crippen molar-refractivity contribution in [2.45, 2.75) is 39.3 Å². The van der Waals surface area contributed by atoms with E-state index in [0.29, 0.717) is 35.9 Å². The van der Waals surface area contributed by atoms with E-state index in [2.05, 4.69) is 0 Å². The highest BCUT2D eigenvalue weighted by Crippen LogP contribution is 2.20. The van der Waals surface area contributed by atoms with Crippen LogP contribution in [0, 0.1) is 0 Å². The molecule has 168 valence electrons. The third-order valence-corrected chi connectivity index (χ3v) is 5.45. The van der Waals surface area contributed by atoms with Crippen molar-refractivity contribution in [3.05, 3.63) is 94.9 Å². The first-order valence-electron chi connectivity index (χ1n) is 10.7. The summed E-state index contributed by atoms with van der Waals surface area (Å²) in [6.07, 6.45) is 2.31. The molecule has 0 saturated heterocycles. The minimum atomic E-state index is -0.551. The van der Waals surface area contributed by atoms with Crippen LogP contribution >= 0.6 is 11.6 Å². The van der Waals surface area contributed by atoms with Gasteiger partial charge in [0.25, 0.3) is 5.91 Å².